The highest BCUT2D eigenvalue weighted by molar-refractivity contribution is 7.15. The standard InChI is InChI=1S/C10H14F3N3OS/c11-10(12,13)8-15-16-9(18-8)14-7-3-1-2-6(7)4-5-17/h6-7,17H,1-5H2,(H,14,16). The third-order valence-corrected chi connectivity index (χ3v) is 4.03. The number of anilines is 1. The van der Waals surface area contributed by atoms with Crippen molar-refractivity contribution >= 4 is 16.5 Å². The normalized spacial score (nSPS) is 24.4. The molecule has 18 heavy (non-hydrogen) atoms. The Hall–Kier alpha value is -0.890. The predicted octanol–water partition coefficient (Wildman–Crippen LogP) is 2.52. The van der Waals surface area contributed by atoms with Gasteiger partial charge in [-0.25, -0.2) is 0 Å². The van der Waals surface area contributed by atoms with Crippen molar-refractivity contribution in [2.75, 3.05) is 11.9 Å². The van der Waals surface area contributed by atoms with Crippen LogP contribution < -0.4 is 5.32 Å². The number of hydrogen-bond acceptors (Lipinski definition) is 5. The molecular weight excluding hydrogens is 267 g/mol. The number of alkyl halides is 3. The molecule has 1 aliphatic rings. The van der Waals surface area contributed by atoms with Gasteiger partial charge in [0.1, 0.15) is 0 Å². The fraction of sp³-hybridized carbons (Fsp3) is 0.800. The largest absolute Gasteiger partial charge is 0.445 e. The molecule has 8 heteroatoms. The number of halogens is 3. The number of hydrogen-bond donors (Lipinski definition) is 2. The molecule has 2 atom stereocenters. The van der Waals surface area contributed by atoms with Gasteiger partial charge in [-0.2, -0.15) is 13.2 Å². The minimum Gasteiger partial charge on any atom is -0.396 e. The summed E-state index contributed by atoms with van der Waals surface area (Å²) in [5.41, 5.74) is 0. The molecular formula is C10H14F3N3OS. The highest BCUT2D eigenvalue weighted by Crippen LogP contribution is 2.35. The summed E-state index contributed by atoms with van der Waals surface area (Å²) >= 11 is 0.526. The summed E-state index contributed by atoms with van der Waals surface area (Å²) in [6, 6.07) is 0.0891. The predicted molar refractivity (Wildman–Crippen MR) is 61.4 cm³/mol. The number of aliphatic hydroxyl groups excluding tert-OH is 1. The molecule has 0 radical (unpaired) electrons. The number of aromatic nitrogens is 2. The van der Waals surface area contributed by atoms with Crippen LogP contribution >= 0.6 is 11.3 Å². The maximum absolute atomic E-state index is 12.4. The second-order valence-electron chi connectivity index (χ2n) is 4.36. The first-order valence-corrected chi connectivity index (χ1v) is 6.60. The monoisotopic (exact) mass is 281 g/mol. The van der Waals surface area contributed by atoms with Crippen LogP contribution in [0.4, 0.5) is 18.3 Å². The first-order chi connectivity index (χ1) is 8.50. The molecule has 0 aromatic carbocycles. The lowest BCUT2D eigenvalue weighted by molar-refractivity contribution is -0.138. The zero-order valence-electron chi connectivity index (χ0n) is 9.57. The average Bonchev–Trinajstić information content (AvgIpc) is 2.89. The van der Waals surface area contributed by atoms with Crippen molar-refractivity contribution in [2.45, 2.75) is 37.9 Å². The molecule has 1 aromatic rings. The van der Waals surface area contributed by atoms with E-state index in [1.54, 1.807) is 0 Å². The van der Waals surface area contributed by atoms with Crippen LogP contribution in [-0.4, -0.2) is 28.0 Å². The van der Waals surface area contributed by atoms with E-state index in [0.29, 0.717) is 23.7 Å². The van der Waals surface area contributed by atoms with Gasteiger partial charge in [0.25, 0.3) is 0 Å². The Kier molecular flexibility index (Phi) is 4.06. The molecule has 0 spiro atoms. The summed E-state index contributed by atoms with van der Waals surface area (Å²) in [4.78, 5) is 0. The van der Waals surface area contributed by atoms with Crippen molar-refractivity contribution in [3.63, 3.8) is 0 Å². The molecule has 1 heterocycles. The molecule has 1 aromatic heterocycles. The quantitative estimate of drug-likeness (QED) is 0.890. The Morgan fingerprint density at radius 2 is 2.11 bits per heavy atom. The first-order valence-electron chi connectivity index (χ1n) is 5.79. The van der Waals surface area contributed by atoms with Crippen molar-refractivity contribution in [1.29, 1.82) is 0 Å². The Labute approximate surface area is 106 Å². The Morgan fingerprint density at radius 3 is 2.72 bits per heavy atom. The third kappa shape index (κ3) is 3.11. The van der Waals surface area contributed by atoms with Crippen molar-refractivity contribution < 1.29 is 18.3 Å². The molecule has 1 fully saturated rings. The summed E-state index contributed by atoms with van der Waals surface area (Å²) < 4.78 is 37.1. The lowest BCUT2D eigenvalue weighted by atomic mass is 10.0. The maximum atomic E-state index is 12.4. The molecule has 2 unspecified atom stereocenters. The van der Waals surface area contributed by atoms with Gasteiger partial charge >= 0.3 is 6.18 Å². The van der Waals surface area contributed by atoms with Gasteiger partial charge in [0, 0.05) is 12.6 Å². The molecule has 1 saturated carbocycles. The van der Waals surface area contributed by atoms with E-state index >= 15 is 0 Å². The van der Waals surface area contributed by atoms with Crippen molar-refractivity contribution in [3.8, 4) is 0 Å². The Morgan fingerprint density at radius 1 is 1.33 bits per heavy atom. The minimum absolute atomic E-state index is 0.0891. The number of nitrogens with one attached hydrogen (secondary N) is 1. The third-order valence-electron chi connectivity index (χ3n) is 3.14. The van der Waals surface area contributed by atoms with Crippen LogP contribution in [0.15, 0.2) is 0 Å². The van der Waals surface area contributed by atoms with Crippen LogP contribution in [0.2, 0.25) is 0 Å². The summed E-state index contributed by atoms with van der Waals surface area (Å²) in [6.07, 6.45) is -0.859. The van der Waals surface area contributed by atoms with Crippen molar-refractivity contribution in [1.82, 2.24) is 10.2 Å². The van der Waals surface area contributed by atoms with Crippen LogP contribution in [0.25, 0.3) is 0 Å². The topological polar surface area (TPSA) is 58.0 Å². The molecule has 0 aliphatic heterocycles. The zero-order chi connectivity index (χ0) is 13.2. The Bertz CT molecular complexity index is 396. The molecule has 0 bridgehead atoms. The van der Waals surface area contributed by atoms with E-state index in [0.717, 1.165) is 19.3 Å². The van der Waals surface area contributed by atoms with Gasteiger partial charge in [0.15, 0.2) is 0 Å². The van der Waals surface area contributed by atoms with Gasteiger partial charge in [0.05, 0.1) is 0 Å². The van der Waals surface area contributed by atoms with Crippen molar-refractivity contribution in [3.05, 3.63) is 5.01 Å². The minimum atomic E-state index is -4.43. The van der Waals surface area contributed by atoms with E-state index in [1.807, 2.05) is 0 Å². The second-order valence-corrected chi connectivity index (χ2v) is 5.34. The molecule has 0 amide bonds. The smallest absolute Gasteiger partial charge is 0.396 e. The van der Waals surface area contributed by atoms with Crippen molar-refractivity contribution in [2.24, 2.45) is 5.92 Å². The van der Waals surface area contributed by atoms with Crippen LogP contribution in [0.3, 0.4) is 0 Å². The average molecular weight is 281 g/mol. The Balaban J connectivity index is 1.99. The summed E-state index contributed by atoms with van der Waals surface area (Å²) in [5.74, 6) is 0.299. The van der Waals surface area contributed by atoms with E-state index in [4.69, 9.17) is 5.11 Å². The van der Waals surface area contributed by atoms with E-state index in [2.05, 4.69) is 15.5 Å². The van der Waals surface area contributed by atoms with E-state index in [9.17, 15) is 13.2 Å². The highest BCUT2D eigenvalue weighted by Gasteiger charge is 2.36. The van der Waals surface area contributed by atoms with E-state index < -0.39 is 11.2 Å². The molecule has 102 valence electrons. The van der Waals surface area contributed by atoms with Gasteiger partial charge in [0.2, 0.25) is 10.1 Å². The highest BCUT2D eigenvalue weighted by atomic mass is 32.1. The lowest BCUT2D eigenvalue weighted by Gasteiger charge is -2.19. The van der Waals surface area contributed by atoms with Gasteiger partial charge in [-0.1, -0.05) is 17.8 Å². The van der Waals surface area contributed by atoms with Crippen LogP contribution in [0, 0.1) is 5.92 Å². The summed E-state index contributed by atoms with van der Waals surface area (Å²) in [7, 11) is 0. The number of aliphatic hydroxyl groups is 1. The molecule has 2 rings (SSSR count). The molecule has 4 nitrogen and oxygen atoms in total. The number of rotatable bonds is 4. The van der Waals surface area contributed by atoms with Crippen LogP contribution in [0.5, 0.6) is 0 Å². The van der Waals surface area contributed by atoms with Gasteiger partial charge in [-0.15, -0.1) is 10.2 Å². The maximum Gasteiger partial charge on any atom is 0.445 e. The fourth-order valence-corrected chi connectivity index (χ4v) is 2.97. The lowest BCUT2D eigenvalue weighted by Crippen LogP contribution is -2.24. The second kappa shape index (κ2) is 5.40. The summed E-state index contributed by atoms with van der Waals surface area (Å²) in [6.45, 7) is 0.104. The summed E-state index contributed by atoms with van der Waals surface area (Å²) in [5, 5.41) is 17.8. The fourth-order valence-electron chi connectivity index (χ4n) is 2.29. The van der Waals surface area contributed by atoms with Gasteiger partial charge in [-0.05, 0) is 25.2 Å². The first kappa shape index (κ1) is 13.5. The van der Waals surface area contributed by atoms with E-state index in [-0.39, 0.29) is 17.8 Å². The van der Waals surface area contributed by atoms with E-state index in [1.165, 1.54) is 0 Å². The SMILES string of the molecule is OCCC1CCCC1Nc1nnc(C(F)(F)F)s1. The molecule has 2 N–H and O–H groups in total. The van der Waals surface area contributed by atoms with Crippen LogP contribution in [0.1, 0.15) is 30.7 Å². The number of nitrogens with zero attached hydrogens (tertiary/aromatic N) is 2. The van der Waals surface area contributed by atoms with Gasteiger partial charge < -0.3 is 10.4 Å². The molecule has 1 aliphatic carbocycles. The van der Waals surface area contributed by atoms with Crippen LogP contribution in [-0.2, 0) is 6.18 Å². The van der Waals surface area contributed by atoms with Gasteiger partial charge in [-0.3, -0.25) is 0 Å². The molecule has 0 saturated heterocycles. The zero-order valence-corrected chi connectivity index (χ0v) is 10.4.